The fraction of sp³-hybridized carbons (Fsp3) is 0.417. The molecule has 17 heavy (non-hydrogen) atoms. The van der Waals surface area contributed by atoms with Crippen LogP contribution in [0.25, 0.3) is 0 Å². The molecule has 3 N–H and O–H groups in total. The number of likely N-dealkylation sites (N-methyl/N-ethyl adjacent to an activating group) is 1. The second kappa shape index (κ2) is 5.05. The van der Waals surface area contributed by atoms with Gasteiger partial charge in [-0.05, 0) is 18.7 Å². The Bertz CT molecular complexity index is 395. The minimum absolute atomic E-state index is 0.142. The Kier molecular flexibility index (Phi) is 3.49. The van der Waals surface area contributed by atoms with Gasteiger partial charge in [-0.3, -0.25) is 4.90 Å². The summed E-state index contributed by atoms with van der Waals surface area (Å²) in [5.41, 5.74) is 6.69. The molecule has 5 heteroatoms. The summed E-state index contributed by atoms with van der Waals surface area (Å²) < 4.78 is 5.81. The van der Waals surface area contributed by atoms with Gasteiger partial charge in [0.25, 0.3) is 0 Å². The molecule has 92 valence electrons. The van der Waals surface area contributed by atoms with Crippen molar-refractivity contribution in [3.05, 3.63) is 29.8 Å². The third-order valence-electron chi connectivity index (χ3n) is 2.79. The van der Waals surface area contributed by atoms with Crippen molar-refractivity contribution in [3.8, 4) is 5.75 Å². The van der Waals surface area contributed by atoms with Crippen molar-refractivity contribution in [1.82, 2.24) is 4.90 Å². The molecule has 0 amide bonds. The van der Waals surface area contributed by atoms with Crippen LogP contribution in [0.2, 0.25) is 0 Å². The van der Waals surface area contributed by atoms with E-state index < -0.39 is 0 Å². The number of rotatable bonds is 4. The normalized spacial score (nSPS) is 19.2. The molecular weight excluding hydrogens is 218 g/mol. The SMILES string of the molecule is CN(CC(N)=NO)CC1Cc2ccccc2O1. The highest BCUT2D eigenvalue weighted by molar-refractivity contribution is 5.81. The third-order valence-corrected chi connectivity index (χ3v) is 2.79. The molecule has 0 aromatic heterocycles. The Morgan fingerprint density at radius 3 is 3.06 bits per heavy atom. The first kappa shape index (κ1) is 11.7. The molecule has 0 spiro atoms. The fourth-order valence-corrected chi connectivity index (χ4v) is 2.08. The molecule has 1 atom stereocenters. The van der Waals surface area contributed by atoms with Gasteiger partial charge in [0.15, 0.2) is 5.84 Å². The molecular formula is C12H17N3O2. The van der Waals surface area contributed by atoms with E-state index in [1.54, 1.807) is 0 Å². The molecule has 1 aliphatic heterocycles. The number of hydrogen-bond donors (Lipinski definition) is 2. The van der Waals surface area contributed by atoms with Crippen LogP contribution in [0.5, 0.6) is 5.75 Å². The number of oxime groups is 1. The molecule has 0 fully saturated rings. The van der Waals surface area contributed by atoms with E-state index in [0.717, 1.165) is 18.7 Å². The summed E-state index contributed by atoms with van der Waals surface area (Å²) in [6.45, 7) is 1.19. The average molecular weight is 235 g/mol. The van der Waals surface area contributed by atoms with Crippen molar-refractivity contribution >= 4 is 5.84 Å². The van der Waals surface area contributed by atoms with Gasteiger partial charge in [-0.25, -0.2) is 0 Å². The lowest BCUT2D eigenvalue weighted by atomic mass is 10.1. The highest BCUT2D eigenvalue weighted by Crippen LogP contribution is 2.28. The fourth-order valence-electron chi connectivity index (χ4n) is 2.08. The maximum absolute atomic E-state index is 8.49. The minimum Gasteiger partial charge on any atom is -0.488 e. The predicted molar refractivity (Wildman–Crippen MR) is 65.5 cm³/mol. The van der Waals surface area contributed by atoms with Crippen molar-refractivity contribution in [1.29, 1.82) is 0 Å². The van der Waals surface area contributed by atoms with Crippen LogP contribution in [-0.4, -0.2) is 42.2 Å². The van der Waals surface area contributed by atoms with Crippen molar-refractivity contribution in [3.63, 3.8) is 0 Å². The lowest BCUT2D eigenvalue weighted by Gasteiger charge is -2.19. The molecule has 1 aromatic carbocycles. The highest BCUT2D eigenvalue weighted by Gasteiger charge is 2.23. The van der Waals surface area contributed by atoms with Crippen LogP contribution < -0.4 is 10.5 Å². The lowest BCUT2D eigenvalue weighted by molar-refractivity contribution is 0.177. The Hall–Kier alpha value is -1.75. The van der Waals surface area contributed by atoms with Gasteiger partial charge in [-0.15, -0.1) is 0 Å². The number of amidine groups is 1. The molecule has 2 rings (SSSR count). The van der Waals surface area contributed by atoms with Crippen LogP contribution >= 0.6 is 0 Å². The smallest absolute Gasteiger partial charge is 0.153 e. The molecule has 1 unspecified atom stereocenters. The Morgan fingerprint density at radius 2 is 2.35 bits per heavy atom. The van der Waals surface area contributed by atoms with E-state index in [1.165, 1.54) is 5.56 Å². The van der Waals surface area contributed by atoms with Gasteiger partial charge in [0.2, 0.25) is 0 Å². The summed E-state index contributed by atoms with van der Waals surface area (Å²) in [6.07, 6.45) is 1.06. The Morgan fingerprint density at radius 1 is 1.59 bits per heavy atom. The van der Waals surface area contributed by atoms with E-state index in [4.69, 9.17) is 15.7 Å². The van der Waals surface area contributed by atoms with Gasteiger partial charge in [0.05, 0.1) is 6.54 Å². The number of para-hydroxylation sites is 1. The first-order chi connectivity index (χ1) is 8.19. The number of fused-ring (bicyclic) bond motifs is 1. The molecule has 1 aromatic rings. The van der Waals surface area contributed by atoms with Crippen LogP contribution in [0.4, 0.5) is 0 Å². The number of ether oxygens (including phenoxy) is 1. The number of benzene rings is 1. The number of nitrogens with zero attached hydrogens (tertiary/aromatic N) is 2. The summed E-state index contributed by atoms with van der Waals surface area (Å²) in [4.78, 5) is 1.98. The average Bonchev–Trinajstić information content (AvgIpc) is 2.70. The van der Waals surface area contributed by atoms with Crippen LogP contribution in [0.15, 0.2) is 29.4 Å². The van der Waals surface area contributed by atoms with E-state index in [1.807, 2.05) is 30.1 Å². The molecule has 0 saturated heterocycles. The zero-order valence-corrected chi connectivity index (χ0v) is 9.84. The standard InChI is InChI=1S/C12H17N3O2/c1-15(8-12(13)14-16)7-10-6-9-4-2-3-5-11(9)17-10/h2-5,10,16H,6-8H2,1H3,(H2,13,14). The summed E-state index contributed by atoms with van der Waals surface area (Å²) in [5, 5.41) is 11.4. The van der Waals surface area contributed by atoms with Crippen molar-refractivity contribution in [2.75, 3.05) is 20.1 Å². The van der Waals surface area contributed by atoms with Gasteiger partial charge in [0, 0.05) is 13.0 Å². The summed E-state index contributed by atoms with van der Waals surface area (Å²) in [7, 11) is 1.92. The second-order valence-electron chi connectivity index (χ2n) is 4.34. The molecule has 5 nitrogen and oxygen atoms in total. The van der Waals surface area contributed by atoms with E-state index in [0.29, 0.717) is 6.54 Å². The Balaban J connectivity index is 1.87. The highest BCUT2D eigenvalue weighted by atomic mass is 16.5. The van der Waals surface area contributed by atoms with Gasteiger partial charge in [-0.2, -0.15) is 0 Å². The molecule has 0 saturated carbocycles. The lowest BCUT2D eigenvalue weighted by Crippen LogP contribution is -2.37. The molecule has 0 aliphatic carbocycles. The monoisotopic (exact) mass is 235 g/mol. The topological polar surface area (TPSA) is 71.1 Å². The summed E-state index contributed by atoms with van der Waals surface area (Å²) in [6, 6.07) is 8.06. The number of nitrogens with two attached hydrogens (primary N) is 1. The van der Waals surface area contributed by atoms with E-state index in [-0.39, 0.29) is 11.9 Å². The second-order valence-corrected chi connectivity index (χ2v) is 4.34. The third kappa shape index (κ3) is 2.88. The van der Waals surface area contributed by atoms with Gasteiger partial charge < -0.3 is 15.7 Å². The van der Waals surface area contributed by atoms with Crippen molar-refractivity contribution < 1.29 is 9.94 Å². The first-order valence-corrected chi connectivity index (χ1v) is 5.58. The van der Waals surface area contributed by atoms with E-state index >= 15 is 0 Å². The Labute approximate surface area is 100 Å². The first-order valence-electron chi connectivity index (χ1n) is 5.58. The minimum atomic E-state index is 0.142. The molecule has 0 bridgehead atoms. The van der Waals surface area contributed by atoms with Crippen LogP contribution in [0, 0.1) is 0 Å². The maximum Gasteiger partial charge on any atom is 0.153 e. The zero-order valence-electron chi connectivity index (χ0n) is 9.84. The van der Waals surface area contributed by atoms with E-state index in [2.05, 4.69) is 11.2 Å². The molecule has 1 aliphatic rings. The maximum atomic E-state index is 8.49. The molecule has 1 heterocycles. The quantitative estimate of drug-likeness (QED) is 0.348. The zero-order chi connectivity index (χ0) is 12.3. The van der Waals surface area contributed by atoms with Gasteiger partial charge in [-0.1, -0.05) is 23.4 Å². The van der Waals surface area contributed by atoms with Crippen LogP contribution in [0.3, 0.4) is 0 Å². The van der Waals surface area contributed by atoms with Gasteiger partial charge >= 0.3 is 0 Å². The summed E-state index contributed by atoms with van der Waals surface area (Å²) in [5.74, 6) is 1.18. The van der Waals surface area contributed by atoms with Crippen LogP contribution in [0.1, 0.15) is 5.56 Å². The van der Waals surface area contributed by atoms with Crippen molar-refractivity contribution in [2.24, 2.45) is 10.9 Å². The van der Waals surface area contributed by atoms with Crippen molar-refractivity contribution in [2.45, 2.75) is 12.5 Å². The number of hydrogen-bond acceptors (Lipinski definition) is 4. The van der Waals surface area contributed by atoms with E-state index in [9.17, 15) is 0 Å². The largest absolute Gasteiger partial charge is 0.488 e. The van der Waals surface area contributed by atoms with Gasteiger partial charge in [0.1, 0.15) is 11.9 Å². The van der Waals surface area contributed by atoms with Crippen LogP contribution in [-0.2, 0) is 6.42 Å². The summed E-state index contributed by atoms with van der Waals surface area (Å²) >= 11 is 0. The predicted octanol–water partition coefficient (Wildman–Crippen LogP) is 0.668. The molecule has 0 radical (unpaired) electrons.